The Labute approximate surface area is 118 Å². The molecule has 102 valence electrons. The van der Waals surface area contributed by atoms with E-state index >= 15 is 0 Å². The molecule has 0 spiro atoms. The highest BCUT2D eigenvalue weighted by molar-refractivity contribution is 6.32. The Balaban J connectivity index is 1.91. The number of rotatable bonds is 2. The molecule has 4 nitrogen and oxygen atoms in total. The maximum absolute atomic E-state index is 11.5. The van der Waals surface area contributed by atoms with Crippen LogP contribution in [0, 0.1) is 0 Å². The van der Waals surface area contributed by atoms with Crippen molar-refractivity contribution in [3.63, 3.8) is 0 Å². The molecule has 0 aliphatic carbocycles. The van der Waals surface area contributed by atoms with Crippen LogP contribution >= 0.6 is 11.6 Å². The SMILES string of the molecule is O=CC1(Cl)Nc2ccccc2CN1C1CCNCC1. The second-order valence-electron chi connectivity index (χ2n) is 5.18. The number of anilines is 1. The molecule has 0 radical (unpaired) electrons. The summed E-state index contributed by atoms with van der Waals surface area (Å²) < 4.78 is 0. The van der Waals surface area contributed by atoms with Crippen molar-refractivity contribution in [1.29, 1.82) is 0 Å². The van der Waals surface area contributed by atoms with Gasteiger partial charge in [0.1, 0.15) is 0 Å². The third-order valence-corrected chi connectivity index (χ3v) is 4.39. The smallest absolute Gasteiger partial charge is 0.226 e. The molecule has 1 saturated heterocycles. The average Bonchev–Trinajstić information content (AvgIpc) is 2.47. The number of carbonyl (C=O) groups excluding carboxylic acids is 1. The Morgan fingerprint density at radius 2 is 2.05 bits per heavy atom. The predicted octanol–water partition coefficient (Wildman–Crippen LogP) is 1.76. The van der Waals surface area contributed by atoms with Gasteiger partial charge in [-0.05, 0) is 37.6 Å². The number of fused-ring (bicyclic) bond motifs is 1. The van der Waals surface area contributed by atoms with Gasteiger partial charge >= 0.3 is 0 Å². The largest absolute Gasteiger partial charge is 0.348 e. The molecular weight excluding hydrogens is 262 g/mol. The molecule has 0 aromatic heterocycles. The zero-order valence-corrected chi connectivity index (χ0v) is 11.5. The fourth-order valence-corrected chi connectivity index (χ4v) is 3.25. The monoisotopic (exact) mass is 279 g/mol. The standard InChI is InChI=1S/C14H18ClN3O/c15-14(10-19)17-13-4-2-1-3-11(13)9-18(14)12-5-7-16-8-6-12/h1-4,10,12,16-17H,5-9H2. The summed E-state index contributed by atoms with van der Waals surface area (Å²) in [5.74, 6) is 0. The summed E-state index contributed by atoms with van der Waals surface area (Å²) in [5, 5.41) is 5.40. The summed E-state index contributed by atoms with van der Waals surface area (Å²) in [6.07, 6.45) is 2.85. The highest BCUT2D eigenvalue weighted by Crippen LogP contribution is 2.35. The van der Waals surface area contributed by atoms with Crippen molar-refractivity contribution in [1.82, 2.24) is 10.2 Å². The van der Waals surface area contributed by atoms with Crippen LogP contribution in [-0.4, -0.2) is 35.4 Å². The molecule has 0 bridgehead atoms. The Bertz CT molecular complexity index is 476. The molecule has 3 rings (SSSR count). The molecule has 2 N–H and O–H groups in total. The molecule has 1 fully saturated rings. The van der Waals surface area contributed by atoms with Gasteiger partial charge in [0, 0.05) is 18.3 Å². The lowest BCUT2D eigenvalue weighted by Crippen LogP contribution is -2.59. The minimum absolute atomic E-state index is 0.338. The van der Waals surface area contributed by atoms with Crippen molar-refractivity contribution in [3.05, 3.63) is 29.8 Å². The second-order valence-corrected chi connectivity index (χ2v) is 5.76. The lowest BCUT2D eigenvalue weighted by atomic mass is 10.0. The van der Waals surface area contributed by atoms with Crippen LogP contribution in [0.1, 0.15) is 18.4 Å². The summed E-state index contributed by atoms with van der Waals surface area (Å²) in [5.41, 5.74) is 2.15. The van der Waals surface area contributed by atoms with Gasteiger partial charge in [-0.2, -0.15) is 0 Å². The number of nitrogens with one attached hydrogen (secondary N) is 2. The van der Waals surface area contributed by atoms with Crippen molar-refractivity contribution < 1.29 is 4.79 Å². The van der Waals surface area contributed by atoms with Gasteiger partial charge in [0.25, 0.3) is 0 Å². The van der Waals surface area contributed by atoms with E-state index in [0.29, 0.717) is 6.04 Å². The Morgan fingerprint density at radius 3 is 2.79 bits per heavy atom. The van der Waals surface area contributed by atoms with Crippen LogP contribution in [0.2, 0.25) is 0 Å². The first-order chi connectivity index (χ1) is 9.23. The number of halogens is 1. The van der Waals surface area contributed by atoms with Gasteiger partial charge in [0.15, 0.2) is 6.29 Å². The quantitative estimate of drug-likeness (QED) is 0.492. The Morgan fingerprint density at radius 1 is 1.32 bits per heavy atom. The molecule has 0 amide bonds. The van der Waals surface area contributed by atoms with E-state index in [4.69, 9.17) is 11.6 Å². The third-order valence-electron chi connectivity index (χ3n) is 3.99. The van der Waals surface area contributed by atoms with Crippen LogP contribution in [0.3, 0.4) is 0 Å². The molecule has 1 aromatic carbocycles. The molecule has 2 aliphatic rings. The van der Waals surface area contributed by atoms with Gasteiger partial charge in [0.2, 0.25) is 5.12 Å². The van der Waals surface area contributed by atoms with Gasteiger partial charge in [-0.3, -0.25) is 9.69 Å². The zero-order valence-electron chi connectivity index (χ0n) is 10.7. The first-order valence-electron chi connectivity index (χ1n) is 6.72. The van der Waals surface area contributed by atoms with Gasteiger partial charge in [0.05, 0.1) is 0 Å². The predicted molar refractivity (Wildman–Crippen MR) is 76.1 cm³/mol. The highest BCUT2D eigenvalue weighted by Gasteiger charge is 2.42. The zero-order chi connectivity index (χ0) is 13.3. The summed E-state index contributed by atoms with van der Waals surface area (Å²) in [6, 6.07) is 8.36. The minimum atomic E-state index is -1.11. The third kappa shape index (κ3) is 2.36. The molecule has 1 aromatic rings. The van der Waals surface area contributed by atoms with E-state index in [1.54, 1.807) is 0 Å². The van der Waals surface area contributed by atoms with Crippen molar-refractivity contribution in [3.8, 4) is 0 Å². The lowest BCUT2D eigenvalue weighted by Gasteiger charge is -2.46. The van der Waals surface area contributed by atoms with E-state index in [1.165, 1.54) is 5.56 Å². The molecule has 5 heteroatoms. The van der Waals surface area contributed by atoms with Crippen molar-refractivity contribution in [2.45, 2.75) is 30.6 Å². The van der Waals surface area contributed by atoms with E-state index in [2.05, 4.69) is 21.6 Å². The molecule has 2 aliphatic heterocycles. The van der Waals surface area contributed by atoms with E-state index < -0.39 is 5.12 Å². The van der Waals surface area contributed by atoms with Crippen LogP contribution < -0.4 is 10.6 Å². The van der Waals surface area contributed by atoms with Gasteiger partial charge in [-0.25, -0.2) is 0 Å². The van der Waals surface area contributed by atoms with Crippen molar-refractivity contribution in [2.24, 2.45) is 0 Å². The van der Waals surface area contributed by atoms with Crippen LogP contribution in [-0.2, 0) is 11.3 Å². The number of aldehydes is 1. The molecule has 0 saturated carbocycles. The maximum atomic E-state index is 11.5. The number of hydrogen-bond donors (Lipinski definition) is 2. The van der Waals surface area contributed by atoms with Crippen molar-refractivity contribution in [2.75, 3.05) is 18.4 Å². The lowest BCUT2D eigenvalue weighted by molar-refractivity contribution is -0.115. The van der Waals surface area contributed by atoms with E-state index in [0.717, 1.165) is 44.4 Å². The summed E-state index contributed by atoms with van der Waals surface area (Å²) >= 11 is 6.51. The number of alkyl halides is 1. The summed E-state index contributed by atoms with van der Waals surface area (Å²) in [7, 11) is 0. The van der Waals surface area contributed by atoms with Crippen LogP contribution in [0.5, 0.6) is 0 Å². The minimum Gasteiger partial charge on any atom is -0.348 e. The van der Waals surface area contributed by atoms with E-state index in [9.17, 15) is 4.79 Å². The molecule has 1 unspecified atom stereocenters. The fraction of sp³-hybridized carbons (Fsp3) is 0.500. The topological polar surface area (TPSA) is 44.4 Å². The normalized spacial score (nSPS) is 28.5. The van der Waals surface area contributed by atoms with Crippen LogP contribution in [0.4, 0.5) is 5.69 Å². The molecular formula is C14H18ClN3O. The van der Waals surface area contributed by atoms with Gasteiger partial charge in [-0.15, -0.1) is 0 Å². The summed E-state index contributed by atoms with van der Waals surface area (Å²) in [6.45, 7) is 2.68. The molecule has 1 atom stereocenters. The molecule has 2 heterocycles. The second kappa shape index (κ2) is 5.12. The Hall–Kier alpha value is -1.10. The number of piperidine rings is 1. The van der Waals surface area contributed by atoms with E-state index in [-0.39, 0.29) is 0 Å². The maximum Gasteiger partial charge on any atom is 0.226 e. The fourth-order valence-electron chi connectivity index (χ4n) is 2.95. The van der Waals surface area contributed by atoms with Gasteiger partial charge < -0.3 is 10.6 Å². The number of hydrogen-bond acceptors (Lipinski definition) is 4. The number of benzene rings is 1. The van der Waals surface area contributed by atoms with Gasteiger partial charge in [-0.1, -0.05) is 29.8 Å². The molecule has 19 heavy (non-hydrogen) atoms. The van der Waals surface area contributed by atoms with Crippen LogP contribution in [0.15, 0.2) is 24.3 Å². The number of para-hydroxylation sites is 1. The number of nitrogens with zero attached hydrogens (tertiary/aromatic N) is 1. The number of carbonyl (C=O) groups is 1. The van der Waals surface area contributed by atoms with E-state index in [1.807, 2.05) is 18.2 Å². The first-order valence-corrected chi connectivity index (χ1v) is 7.09. The highest BCUT2D eigenvalue weighted by atomic mass is 35.5. The summed E-state index contributed by atoms with van der Waals surface area (Å²) in [4.78, 5) is 13.6. The first kappa shape index (κ1) is 12.9. The average molecular weight is 280 g/mol. The van der Waals surface area contributed by atoms with Crippen LogP contribution in [0.25, 0.3) is 0 Å². The Kier molecular flexibility index (Phi) is 3.48. The van der Waals surface area contributed by atoms with Crippen molar-refractivity contribution >= 4 is 23.6 Å².